The van der Waals surface area contributed by atoms with Crippen molar-refractivity contribution in [2.75, 3.05) is 30.4 Å². The molecule has 40 heavy (non-hydrogen) atoms. The van der Waals surface area contributed by atoms with Gasteiger partial charge in [0, 0.05) is 11.4 Å². The fraction of sp³-hybridized carbons (Fsp3) is 0.200. The minimum Gasteiger partial charge on any atom is -0.490 e. The molecule has 0 unspecified atom stereocenters. The van der Waals surface area contributed by atoms with Gasteiger partial charge in [-0.05, 0) is 86.1 Å². The van der Waals surface area contributed by atoms with Gasteiger partial charge in [-0.25, -0.2) is 0 Å². The van der Waals surface area contributed by atoms with Crippen LogP contribution < -0.4 is 20.1 Å². The minimum absolute atomic E-state index is 0.182. The summed E-state index contributed by atoms with van der Waals surface area (Å²) in [5.41, 5.74) is 3.91. The molecule has 10 heteroatoms. The molecule has 2 N–H and O–H groups in total. The van der Waals surface area contributed by atoms with Gasteiger partial charge in [0.15, 0.2) is 18.1 Å². The number of carbonyl (C=O) groups is 4. The second-order valence-electron chi connectivity index (χ2n) is 9.03. The lowest BCUT2D eigenvalue weighted by Crippen LogP contribution is -2.36. The normalized spacial score (nSPS) is 13.9. The Hall–Kier alpha value is -4.57. The number of aryl methyl sites for hydroxylation is 2. The molecular weight excluding hydrogens is 530 g/mol. The highest BCUT2D eigenvalue weighted by Gasteiger charge is 2.36. The average Bonchev–Trinajstić information content (AvgIpc) is 3.17. The van der Waals surface area contributed by atoms with Crippen LogP contribution in [-0.2, 0) is 14.4 Å². The van der Waals surface area contributed by atoms with Crippen molar-refractivity contribution in [1.82, 2.24) is 4.90 Å². The van der Waals surface area contributed by atoms with Gasteiger partial charge in [0.2, 0.25) is 5.91 Å². The van der Waals surface area contributed by atoms with Gasteiger partial charge in [0.1, 0.15) is 6.54 Å². The van der Waals surface area contributed by atoms with Gasteiger partial charge in [-0.2, -0.15) is 0 Å². The van der Waals surface area contributed by atoms with Gasteiger partial charge < -0.3 is 20.1 Å². The third kappa shape index (κ3) is 7.51. The maximum atomic E-state index is 12.9. The first kappa shape index (κ1) is 28.4. The molecule has 0 bridgehead atoms. The second kappa shape index (κ2) is 13.0. The number of carbonyl (C=O) groups excluding carboxylic acids is 4. The van der Waals surface area contributed by atoms with Crippen LogP contribution in [0.1, 0.15) is 23.6 Å². The number of benzene rings is 3. The highest BCUT2D eigenvalue weighted by molar-refractivity contribution is 8.18. The predicted octanol–water partition coefficient (Wildman–Crippen LogP) is 5.39. The fourth-order valence-electron chi connectivity index (χ4n) is 3.83. The van der Waals surface area contributed by atoms with Gasteiger partial charge in [0.25, 0.3) is 17.1 Å². The van der Waals surface area contributed by atoms with E-state index >= 15 is 0 Å². The minimum atomic E-state index is -0.555. The number of ether oxygens (including phenoxy) is 2. The van der Waals surface area contributed by atoms with Gasteiger partial charge in [-0.1, -0.05) is 35.9 Å². The Bertz CT molecular complexity index is 1470. The monoisotopic (exact) mass is 559 g/mol. The largest absolute Gasteiger partial charge is 0.490 e. The van der Waals surface area contributed by atoms with Crippen LogP contribution in [0.3, 0.4) is 0 Å². The molecule has 1 saturated heterocycles. The van der Waals surface area contributed by atoms with Gasteiger partial charge in [-0.3, -0.25) is 24.1 Å². The van der Waals surface area contributed by atoms with Crippen LogP contribution in [-0.4, -0.2) is 47.6 Å². The molecular formula is C30H29N3O6S. The van der Waals surface area contributed by atoms with Crippen molar-refractivity contribution < 1.29 is 28.7 Å². The molecule has 4 amide bonds. The summed E-state index contributed by atoms with van der Waals surface area (Å²) in [5, 5.41) is 4.95. The average molecular weight is 560 g/mol. The number of amides is 4. The Labute approximate surface area is 236 Å². The van der Waals surface area contributed by atoms with Crippen LogP contribution in [0.2, 0.25) is 0 Å². The maximum Gasteiger partial charge on any atom is 0.294 e. The second-order valence-corrected chi connectivity index (χ2v) is 10.0. The summed E-state index contributed by atoms with van der Waals surface area (Å²) < 4.78 is 11.4. The van der Waals surface area contributed by atoms with Gasteiger partial charge in [-0.15, -0.1) is 0 Å². The zero-order valence-corrected chi connectivity index (χ0v) is 23.2. The van der Waals surface area contributed by atoms with Crippen molar-refractivity contribution in [1.29, 1.82) is 0 Å². The number of imide groups is 1. The van der Waals surface area contributed by atoms with E-state index in [1.807, 2.05) is 51.1 Å². The van der Waals surface area contributed by atoms with Crippen LogP contribution in [0, 0.1) is 13.8 Å². The lowest BCUT2D eigenvalue weighted by Gasteiger charge is -2.13. The van der Waals surface area contributed by atoms with Crippen LogP contribution in [0.25, 0.3) is 6.08 Å². The Morgan fingerprint density at radius 1 is 0.850 bits per heavy atom. The molecule has 1 heterocycles. The molecule has 0 atom stereocenters. The van der Waals surface area contributed by atoms with E-state index in [2.05, 4.69) is 10.6 Å². The molecule has 1 aliphatic rings. The quantitative estimate of drug-likeness (QED) is 0.320. The van der Waals surface area contributed by atoms with Crippen molar-refractivity contribution in [3.8, 4) is 11.5 Å². The Kier molecular flexibility index (Phi) is 9.23. The number of hydrogen-bond acceptors (Lipinski definition) is 7. The van der Waals surface area contributed by atoms with Gasteiger partial charge in [0.05, 0.1) is 11.5 Å². The first-order valence-electron chi connectivity index (χ1n) is 12.6. The summed E-state index contributed by atoms with van der Waals surface area (Å²) >= 11 is 0.760. The third-order valence-corrected chi connectivity index (χ3v) is 6.64. The summed E-state index contributed by atoms with van der Waals surface area (Å²) in [6.07, 6.45) is 1.56. The summed E-state index contributed by atoms with van der Waals surface area (Å²) in [7, 11) is 0. The van der Waals surface area contributed by atoms with Crippen molar-refractivity contribution in [2.24, 2.45) is 0 Å². The summed E-state index contributed by atoms with van der Waals surface area (Å²) in [4.78, 5) is 51.3. The molecule has 1 fully saturated rings. The fourth-order valence-corrected chi connectivity index (χ4v) is 4.67. The van der Waals surface area contributed by atoms with Crippen molar-refractivity contribution >= 4 is 52.2 Å². The summed E-state index contributed by atoms with van der Waals surface area (Å²) in [6.45, 7) is 5.41. The molecule has 0 aromatic heterocycles. The number of nitrogens with one attached hydrogen (secondary N) is 2. The van der Waals surface area contributed by atoms with E-state index < -0.39 is 23.6 Å². The summed E-state index contributed by atoms with van der Waals surface area (Å²) in [5.74, 6) is -0.605. The van der Waals surface area contributed by atoms with Crippen molar-refractivity contribution in [3.63, 3.8) is 0 Å². The van der Waals surface area contributed by atoms with Gasteiger partial charge >= 0.3 is 0 Å². The highest BCUT2D eigenvalue weighted by atomic mass is 32.2. The smallest absolute Gasteiger partial charge is 0.294 e. The van der Waals surface area contributed by atoms with E-state index in [-0.39, 0.29) is 17.4 Å². The molecule has 3 aromatic rings. The Balaban J connectivity index is 1.40. The van der Waals surface area contributed by atoms with E-state index in [1.54, 1.807) is 42.5 Å². The lowest BCUT2D eigenvalue weighted by atomic mass is 10.2. The molecule has 206 valence electrons. The van der Waals surface area contributed by atoms with Crippen LogP contribution >= 0.6 is 11.8 Å². The van der Waals surface area contributed by atoms with E-state index in [0.717, 1.165) is 27.8 Å². The van der Waals surface area contributed by atoms with E-state index in [1.165, 1.54) is 0 Å². The van der Waals surface area contributed by atoms with Crippen LogP contribution in [0.4, 0.5) is 16.2 Å². The number of anilines is 2. The topological polar surface area (TPSA) is 114 Å². The Morgan fingerprint density at radius 3 is 2.33 bits per heavy atom. The zero-order chi connectivity index (χ0) is 28.6. The molecule has 0 spiro atoms. The van der Waals surface area contributed by atoms with Crippen LogP contribution in [0.5, 0.6) is 11.5 Å². The number of rotatable bonds is 10. The van der Waals surface area contributed by atoms with Crippen LogP contribution in [0.15, 0.2) is 71.6 Å². The van der Waals surface area contributed by atoms with E-state index in [9.17, 15) is 19.2 Å². The zero-order valence-electron chi connectivity index (χ0n) is 22.4. The standard InChI is InChI=1S/C30H29N3O6S/c1-4-38-25-15-21(10-13-24(25)39-18-28(35)31-22-11-8-19(2)9-12-22)16-26-29(36)33(30(37)40-26)17-27(34)32-23-7-5-6-20(3)14-23/h5-16H,4,17-18H2,1-3H3,(H,31,35)(H,32,34)/b26-16-. The SMILES string of the molecule is CCOc1cc(/C=C2\SC(=O)N(CC(=O)Nc3cccc(C)c3)C2=O)ccc1OCC(=O)Nc1ccc(C)cc1. The van der Waals surface area contributed by atoms with Crippen molar-refractivity contribution in [3.05, 3.63) is 88.3 Å². The number of nitrogens with zero attached hydrogens (tertiary/aromatic N) is 1. The molecule has 0 radical (unpaired) electrons. The molecule has 1 aliphatic heterocycles. The number of thioether (sulfide) groups is 1. The van der Waals surface area contributed by atoms with E-state index in [0.29, 0.717) is 35.0 Å². The molecule has 3 aromatic carbocycles. The van der Waals surface area contributed by atoms with E-state index in [4.69, 9.17) is 9.47 Å². The molecule has 0 saturated carbocycles. The molecule has 0 aliphatic carbocycles. The number of hydrogen-bond donors (Lipinski definition) is 2. The molecule has 4 rings (SSSR count). The molecule has 9 nitrogen and oxygen atoms in total. The summed E-state index contributed by atoms with van der Waals surface area (Å²) in [6, 6.07) is 19.6. The lowest BCUT2D eigenvalue weighted by molar-refractivity contribution is -0.127. The predicted molar refractivity (Wildman–Crippen MR) is 155 cm³/mol. The van der Waals surface area contributed by atoms with Crippen molar-refractivity contribution in [2.45, 2.75) is 20.8 Å². The first-order valence-corrected chi connectivity index (χ1v) is 13.4. The maximum absolute atomic E-state index is 12.9. The highest BCUT2D eigenvalue weighted by Crippen LogP contribution is 2.34. The Morgan fingerprint density at radius 2 is 1.60 bits per heavy atom. The first-order chi connectivity index (χ1) is 19.2. The third-order valence-electron chi connectivity index (χ3n) is 5.74.